The number of hydrogen-bond donors (Lipinski definition) is 1. The lowest BCUT2D eigenvalue weighted by Gasteiger charge is -2.22. The van der Waals surface area contributed by atoms with Gasteiger partial charge in [-0.05, 0) is 87.5 Å². The Morgan fingerprint density at radius 1 is 0.931 bits per heavy atom. The highest BCUT2D eigenvalue weighted by atomic mass is 32.2. The molecule has 2 aliphatic heterocycles. The third kappa shape index (κ3) is 4.73. The third-order valence-corrected chi connectivity index (χ3v) is 8.85. The van der Waals surface area contributed by atoms with E-state index in [0.29, 0.717) is 23.8 Å². The number of hydrogen-bond acceptors (Lipinski definition) is 4. The second-order valence-electron chi connectivity index (χ2n) is 8.49. The van der Waals surface area contributed by atoms with Crippen LogP contribution in [-0.4, -0.2) is 50.8 Å². The van der Waals surface area contributed by atoms with Gasteiger partial charge in [0.25, 0.3) is 0 Å². The fourth-order valence-corrected chi connectivity index (χ4v) is 6.35. The molecule has 5 heteroatoms. The van der Waals surface area contributed by atoms with Crippen LogP contribution in [0.15, 0.2) is 53.4 Å². The molecule has 2 aromatic carbocycles. The lowest BCUT2D eigenvalue weighted by atomic mass is 10.0. The first-order valence-corrected chi connectivity index (χ1v) is 12.5. The van der Waals surface area contributed by atoms with Crippen molar-refractivity contribution < 1.29 is 8.42 Å². The quantitative estimate of drug-likeness (QED) is 0.782. The number of nitrogens with zero attached hydrogens (tertiary/aromatic N) is 1. The normalized spacial score (nSPS) is 21.5. The Morgan fingerprint density at radius 2 is 1.55 bits per heavy atom. The molecule has 0 aromatic heterocycles. The molecule has 2 heterocycles. The van der Waals surface area contributed by atoms with Gasteiger partial charge in [0.15, 0.2) is 9.84 Å². The molecule has 1 atom stereocenters. The standard InChI is InChI=1S/C24H32N2O2S/c1-19-3-2-17-26(19)18-14-20-4-6-21(7-5-20)22-8-10-23(11-9-22)29(27,28)24-12-15-25-16-13-24/h4-11,19,24-25H,2-3,12-18H2,1H3. The van der Waals surface area contributed by atoms with E-state index in [9.17, 15) is 8.42 Å². The molecule has 0 radical (unpaired) electrons. The largest absolute Gasteiger partial charge is 0.317 e. The van der Waals surface area contributed by atoms with E-state index in [2.05, 4.69) is 41.4 Å². The van der Waals surface area contributed by atoms with Crippen LogP contribution in [0.3, 0.4) is 0 Å². The van der Waals surface area contributed by atoms with Crippen molar-refractivity contribution in [3.05, 3.63) is 54.1 Å². The van der Waals surface area contributed by atoms with Crippen LogP contribution in [-0.2, 0) is 16.3 Å². The molecule has 0 aliphatic carbocycles. The average molecular weight is 413 g/mol. The monoisotopic (exact) mass is 412 g/mol. The van der Waals surface area contributed by atoms with Gasteiger partial charge in [0.1, 0.15) is 0 Å². The van der Waals surface area contributed by atoms with Gasteiger partial charge in [-0.2, -0.15) is 0 Å². The third-order valence-electron chi connectivity index (χ3n) is 6.57. The van der Waals surface area contributed by atoms with Crippen molar-refractivity contribution in [2.75, 3.05) is 26.2 Å². The van der Waals surface area contributed by atoms with Gasteiger partial charge in [0.2, 0.25) is 0 Å². The summed E-state index contributed by atoms with van der Waals surface area (Å²) in [5.41, 5.74) is 3.56. The lowest BCUT2D eigenvalue weighted by Crippen LogP contribution is -2.35. The molecule has 2 aromatic rings. The van der Waals surface area contributed by atoms with Crippen molar-refractivity contribution in [1.29, 1.82) is 0 Å². The van der Waals surface area contributed by atoms with Crippen molar-refractivity contribution >= 4 is 9.84 Å². The van der Waals surface area contributed by atoms with E-state index >= 15 is 0 Å². The second kappa shape index (κ2) is 8.99. The molecule has 1 N–H and O–H groups in total. The molecule has 156 valence electrons. The first-order chi connectivity index (χ1) is 14.0. The summed E-state index contributed by atoms with van der Waals surface area (Å²) in [5.74, 6) is 0. The molecule has 0 amide bonds. The molecule has 29 heavy (non-hydrogen) atoms. The molecular formula is C24H32N2O2S. The molecule has 4 nitrogen and oxygen atoms in total. The molecule has 0 spiro atoms. The number of piperidine rings is 1. The van der Waals surface area contributed by atoms with Gasteiger partial charge in [0.05, 0.1) is 10.1 Å². The van der Waals surface area contributed by atoms with Crippen molar-refractivity contribution in [3.8, 4) is 11.1 Å². The summed E-state index contributed by atoms with van der Waals surface area (Å²) in [6, 6.07) is 16.9. The van der Waals surface area contributed by atoms with Gasteiger partial charge in [-0.25, -0.2) is 8.42 Å². The minimum absolute atomic E-state index is 0.257. The van der Waals surface area contributed by atoms with Crippen LogP contribution in [0.1, 0.15) is 38.2 Å². The molecule has 4 rings (SSSR count). The molecule has 2 saturated heterocycles. The minimum Gasteiger partial charge on any atom is -0.317 e. The van der Waals surface area contributed by atoms with E-state index in [0.717, 1.165) is 37.2 Å². The summed E-state index contributed by atoms with van der Waals surface area (Å²) in [6.07, 6.45) is 5.12. The summed E-state index contributed by atoms with van der Waals surface area (Å²) in [6.45, 7) is 6.25. The summed E-state index contributed by atoms with van der Waals surface area (Å²) >= 11 is 0. The zero-order valence-electron chi connectivity index (χ0n) is 17.3. The number of likely N-dealkylation sites (tertiary alicyclic amines) is 1. The molecule has 2 aliphatic rings. The molecule has 0 saturated carbocycles. The van der Waals surface area contributed by atoms with Gasteiger partial charge >= 0.3 is 0 Å². The van der Waals surface area contributed by atoms with Crippen molar-refractivity contribution in [1.82, 2.24) is 10.2 Å². The molecular weight excluding hydrogens is 380 g/mol. The lowest BCUT2D eigenvalue weighted by molar-refractivity contribution is 0.272. The predicted molar refractivity (Wildman–Crippen MR) is 119 cm³/mol. The Balaban J connectivity index is 1.41. The predicted octanol–water partition coefficient (Wildman–Crippen LogP) is 3.91. The zero-order chi connectivity index (χ0) is 20.3. The van der Waals surface area contributed by atoms with E-state index < -0.39 is 9.84 Å². The SMILES string of the molecule is CC1CCCN1CCc1ccc(-c2ccc(S(=O)(=O)C3CCNCC3)cc2)cc1. The highest BCUT2D eigenvalue weighted by molar-refractivity contribution is 7.92. The van der Waals surface area contributed by atoms with Crippen LogP contribution < -0.4 is 5.32 Å². The van der Waals surface area contributed by atoms with Crippen LogP contribution in [0.2, 0.25) is 0 Å². The van der Waals surface area contributed by atoms with Crippen LogP contribution in [0.25, 0.3) is 11.1 Å². The summed E-state index contributed by atoms with van der Waals surface area (Å²) in [5, 5.41) is 2.98. The highest BCUT2D eigenvalue weighted by Gasteiger charge is 2.28. The second-order valence-corrected chi connectivity index (χ2v) is 10.7. The Bertz CT molecular complexity index is 901. The van der Waals surface area contributed by atoms with Gasteiger partial charge in [-0.3, -0.25) is 0 Å². The first-order valence-electron chi connectivity index (χ1n) is 10.9. The zero-order valence-corrected chi connectivity index (χ0v) is 18.1. The first kappa shape index (κ1) is 20.6. The summed E-state index contributed by atoms with van der Waals surface area (Å²) < 4.78 is 25.7. The fourth-order valence-electron chi connectivity index (χ4n) is 4.60. The molecule has 2 fully saturated rings. The number of sulfone groups is 1. The fraction of sp³-hybridized carbons (Fsp3) is 0.500. The van der Waals surface area contributed by atoms with E-state index in [1.807, 2.05) is 12.1 Å². The van der Waals surface area contributed by atoms with Crippen molar-refractivity contribution in [2.45, 2.75) is 55.2 Å². The Labute approximate surface area is 175 Å². The molecule has 0 bridgehead atoms. The van der Waals surface area contributed by atoms with E-state index in [1.54, 1.807) is 12.1 Å². The van der Waals surface area contributed by atoms with Crippen LogP contribution >= 0.6 is 0 Å². The van der Waals surface area contributed by atoms with Gasteiger partial charge in [-0.1, -0.05) is 36.4 Å². The average Bonchev–Trinajstić information content (AvgIpc) is 3.18. The van der Waals surface area contributed by atoms with Crippen molar-refractivity contribution in [2.24, 2.45) is 0 Å². The van der Waals surface area contributed by atoms with Gasteiger partial charge in [-0.15, -0.1) is 0 Å². The Kier molecular flexibility index (Phi) is 6.38. The Hall–Kier alpha value is -1.69. The number of benzene rings is 2. The Morgan fingerprint density at radius 3 is 2.14 bits per heavy atom. The number of nitrogens with one attached hydrogen (secondary N) is 1. The maximum absolute atomic E-state index is 12.9. The summed E-state index contributed by atoms with van der Waals surface area (Å²) in [7, 11) is -3.23. The smallest absolute Gasteiger partial charge is 0.181 e. The molecule has 1 unspecified atom stereocenters. The maximum atomic E-state index is 12.9. The highest BCUT2D eigenvalue weighted by Crippen LogP contribution is 2.26. The van der Waals surface area contributed by atoms with Gasteiger partial charge < -0.3 is 10.2 Å². The van der Waals surface area contributed by atoms with E-state index in [1.165, 1.54) is 24.9 Å². The summed E-state index contributed by atoms with van der Waals surface area (Å²) in [4.78, 5) is 3.03. The minimum atomic E-state index is -3.23. The van der Waals surface area contributed by atoms with E-state index in [4.69, 9.17) is 0 Å². The van der Waals surface area contributed by atoms with Crippen LogP contribution in [0.4, 0.5) is 0 Å². The maximum Gasteiger partial charge on any atom is 0.181 e. The van der Waals surface area contributed by atoms with Crippen LogP contribution in [0, 0.1) is 0 Å². The van der Waals surface area contributed by atoms with Crippen molar-refractivity contribution in [3.63, 3.8) is 0 Å². The number of rotatable bonds is 6. The van der Waals surface area contributed by atoms with Crippen LogP contribution in [0.5, 0.6) is 0 Å². The topological polar surface area (TPSA) is 49.4 Å². The van der Waals surface area contributed by atoms with E-state index in [-0.39, 0.29) is 5.25 Å². The van der Waals surface area contributed by atoms with Gasteiger partial charge in [0, 0.05) is 12.6 Å².